The Morgan fingerprint density at radius 3 is 1.16 bits per heavy atom. The van der Waals surface area contributed by atoms with Gasteiger partial charge in [-0.05, 0) is 74.5 Å². The van der Waals surface area contributed by atoms with Crippen molar-refractivity contribution in [3.63, 3.8) is 0 Å². The molecule has 0 saturated carbocycles. The molecule has 2 atom stereocenters. The molecule has 0 saturated heterocycles. The Kier molecular flexibility index (Phi) is 16.9. The zero-order chi connectivity index (χ0) is 42.9. The summed E-state index contributed by atoms with van der Waals surface area (Å²) < 4.78 is 75.4. The van der Waals surface area contributed by atoms with Crippen LogP contribution in [0.15, 0.2) is 146 Å². The summed E-state index contributed by atoms with van der Waals surface area (Å²) in [4.78, 5) is 29.3. The van der Waals surface area contributed by atoms with Crippen molar-refractivity contribution in [2.75, 3.05) is 10.6 Å². The first-order valence-corrected chi connectivity index (χ1v) is 17.3. The van der Waals surface area contributed by atoms with E-state index >= 15 is 0 Å². The predicted molar refractivity (Wildman–Crippen MR) is 202 cm³/mol. The van der Waals surface area contributed by atoms with Gasteiger partial charge in [0.15, 0.2) is 0 Å². The van der Waals surface area contributed by atoms with Gasteiger partial charge in [0.2, 0.25) is 0 Å². The van der Waals surface area contributed by atoms with Gasteiger partial charge in [0, 0.05) is 46.0 Å². The largest absolute Gasteiger partial charge is 0.545 e. The van der Waals surface area contributed by atoms with E-state index in [-0.39, 0.29) is 34.1 Å². The summed E-state index contributed by atoms with van der Waals surface area (Å²) in [5.41, 5.74) is 8.45. The number of carboxylic acids is 2. The topological polar surface area (TPSA) is 185 Å². The highest BCUT2D eigenvalue weighted by Crippen LogP contribution is 2.32. The van der Waals surface area contributed by atoms with E-state index in [2.05, 4.69) is 70.2 Å². The van der Waals surface area contributed by atoms with E-state index in [0.717, 1.165) is 24.3 Å². The number of hydrogen-bond donors (Lipinski definition) is 4. The standard InChI is InChI=1S/2C13H9F3N2O2.2C8H11N/c2*14-13(15,16)8-3-1-4-9(7-8)18-11-10(12(19)20)5-2-6-17-11;2*1-7(9)8-5-3-2-4-6-8/h2*1-7H,(H,17,18)(H,19,20);2*2-7H,9H2,1H3/t;;2*7-/m..11/s1. The molecule has 0 amide bonds. The number of aromatic carboxylic acids is 2. The lowest BCUT2D eigenvalue weighted by Crippen LogP contribution is -2.51. The number of nitrogens with one attached hydrogen (secondary N) is 2. The van der Waals surface area contributed by atoms with E-state index in [0.29, 0.717) is 12.1 Å². The maximum atomic E-state index is 12.6. The summed E-state index contributed by atoms with van der Waals surface area (Å²) in [7, 11) is 0. The second kappa shape index (κ2) is 21.5. The summed E-state index contributed by atoms with van der Waals surface area (Å²) in [6.07, 6.45) is -6.30. The minimum atomic E-state index is -4.47. The molecule has 0 aliphatic carbocycles. The van der Waals surface area contributed by atoms with Crippen LogP contribution in [0.4, 0.5) is 49.4 Å². The van der Waals surface area contributed by atoms with Gasteiger partial charge in [-0.1, -0.05) is 72.8 Å². The van der Waals surface area contributed by atoms with Crippen molar-refractivity contribution in [2.45, 2.75) is 38.3 Å². The number of quaternary nitrogens is 2. The van der Waals surface area contributed by atoms with Gasteiger partial charge < -0.3 is 41.9 Å². The smallest absolute Gasteiger partial charge is 0.416 e. The van der Waals surface area contributed by atoms with Crippen LogP contribution in [-0.4, -0.2) is 21.9 Å². The minimum Gasteiger partial charge on any atom is -0.545 e. The lowest BCUT2D eigenvalue weighted by atomic mass is 10.1. The first-order valence-electron chi connectivity index (χ1n) is 17.3. The van der Waals surface area contributed by atoms with Crippen LogP contribution in [0.3, 0.4) is 0 Å². The first-order chi connectivity index (χ1) is 27.4. The van der Waals surface area contributed by atoms with Crippen LogP contribution in [0.2, 0.25) is 0 Å². The minimum absolute atomic E-state index is 0.0770. The molecule has 0 aliphatic rings. The van der Waals surface area contributed by atoms with Gasteiger partial charge in [-0.3, -0.25) is 0 Å². The Morgan fingerprint density at radius 2 is 0.879 bits per heavy atom. The molecule has 4 aromatic carbocycles. The van der Waals surface area contributed by atoms with Gasteiger partial charge in [-0.2, -0.15) is 26.3 Å². The van der Waals surface area contributed by atoms with E-state index in [9.17, 15) is 46.1 Å². The van der Waals surface area contributed by atoms with E-state index in [1.54, 1.807) is 0 Å². The van der Waals surface area contributed by atoms with E-state index in [1.807, 2.05) is 36.4 Å². The molecule has 6 rings (SSSR count). The van der Waals surface area contributed by atoms with Gasteiger partial charge in [0.1, 0.15) is 23.7 Å². The van der Waals surface area contributed by atoms with Crippen molar-refractivity contribution in [3.05, 3.63) is 179 Å². The third kappa shape index (κ3) is 15.0. The molecule has 0 radical (unpaired) electrons. The molecular formula is C42H40F6N6O4. The van der Waals surface area contributed by atoms with Gasteiger partial charge in [0.25, 0.3) is 0 Å². The van der Waals surface area contributed by atoms with Crippen LogP contribution in [0.1, 0.15) is 68.9 Å². The summed E-state index contributed by atoms with van der Waals surface area (Å²) in [5, 5.41) is 26.8. The average Bonchev–Trinajstić information content (AvgIpc) is 3.19. The summed E-state index contributed by atoms with van der Waals surface area (Å²) >= 11 is 0. The highest BCUT2D eigenvalue weighted by Gasteiger charge is 2.31. The fourth-order valence-electron chi connectivity index (χ4n) is 4.72. The normalized spacial score (nSPS) is 11.8. The van der Waals surface area contributed by atoms with Crippen molar-refractivity contribution in [3.8, 4) is 0 Å². The number of carbonyl (C=O) groups is 2. The number of pyridine rings is 2. The van der Waals surface area contributed by atoms with Crippen LogP contribution < -0.4 is 32.3 Å². The molecule has 2 heterocycles. The van der Waals surface area contributed by atoms with Gasteiger partial charge in [-0.15, -0.1) is 0 Å². The zero-order valence-corrected chi connectivity index (χ0v) is 31.2. The Bertz CT molecular complexity index is 2050. The number of anilines is 4. The molecule has 2 aromatic heterocycles. The van der Waals surface area contributed by atoms with Gasteiger partial charge in [0.05, 0.1) is 23.1 Å². The quantitative estimate of drug-likeness (QED) is 0.127. The predicted octanol–water partition coefficient (Wildman–Crippen LogP) is 6.39. The molecular weight excluding hydrogens is 766 g/mol. The monoisotopic (exact) mass is 806 g/mol. The van der Waals surface area contributed by atoms with E-state index < -0.39 is 35.4 Å². The molecule has 58 heavy (non-hydrogen) atoms. The molecule has 0 bridgehead atoms. The fraction of sp³-hybridized carbons (Fsp3) is 0.143. The number of halogens is 6. The Morgan fingerprint density at radius 1 is 0.534 bits per heavy atom. The van der Waals surface area contributed by atoms with Gasteiger partial charge >= 0.3 is 12.4 Å². The molecule has 0 spiro atoms. The Labute approximate surface area is 330 Å². The molecule has 6 aromatic rings. The van der Waals surface area contributed by atoms with Crippen molar-refractivity contribution in [1.82, 2.24) is 9.97 Å². The molecule has 16 heteroatoms. The first kappa shape index (κ1) is 45.6. The Balaban J connectivity index is 0.000000221. The second-order valence-corrected chi connectivity index (χ2v) is 12.4. The van der Waals surface area contributed by atoms with Crippen LogP contribution in [-0.2, 0) is 12.4 Å². The van der Waals surface area contributed by atoms with E-state index in [4.69, 9.17) is 0 Å². The average molecular weight is 807 g/mol. The molecule has 8 N–H and O–H groups in total. The van der Waals surface area contributed by atoms with Crippen molar-refractivity contribution in [1.29, 1.82) is 0 Å². The number of carboxylic acid groups (broad SMARTS) is 2. The summed E-state index contributed by atoms with van der Waals surface area (Å²) in [6.45, 7) is 4.19. The molecule has 304 valence electrons. The third-order valence-electron chi connectivity index (χ3n) is 7.70. The number of nitrogens with zero attached hydrogens (tertiary/aromatic N) is 2. The van der Waals surface area contributed by atoms with Gasteiger partial charge in [-0.25, -0.2) is 9.97 Å². The van der Waals surface area contributed by atoms with Crippen molar-refractivity contribution < 1.29 is 57.6 Å². The highest BCUT2D eigenvalue weighted by molar-refractivity contribution is 5.93. The molecule has 0 fully saturated rings. The Hall–Kier alpha value is -6.78. The van der Waals surface area contributed by atoms with Crippen molar-refractivity contribution >= 4 is 34.9 Å². The SMILES string of the molecule is C[C@@H]([NH3+])c1ccccc1.C[C@@H]([NH3+])c1ccccc1.O=C([O-])c1cccnc1Nc1cccc(C(F)(F)F)c1.O=C([O-])c1cccnc1Nc1cccc(C(F)(F)F)c1. The number of carbonyl (C=O) groups excluding carboxylic acids is 2. The summed E-state index contributed by atoms with van der Waals surface area (Å²) in [6, 6.07) is 35.4. The number of rotatable bonds is 8. The van der Waals surface area contributed by atoms with Crippen LogP contribution >= 0.6 is 0 Å². The summed E-state index contributed by atoms with van der Waals surface area (Å²) in [5.74, 6) is -3.08. The molecule has 0 aliphatic heterocycles. The lowest BCUT2D eigenvalue weighted by molar-refractivity contribution is -0.420. The number of alkyl halides is 6. The van der Waals surface area contributed by atoms with Crippen molar-refractivity contribution in [2.24, 2.45) is 0 Å². The third-order valence-corrected chi connectivity index (χ3v) is 7.70. The van der Waals surface area contributed by atoms with E-state index in [1.165, 1.54) is 72.1 Å². The number of hydrogen-bond acceptors (Lipinski definition) is 8. The molecule has 10 nitrogen and oxygen atoms in total. The number of aromatic nitrogens is 2. The number of benzene rings is 4. The maximum Gasteiger partial charge on any atom is 0.416 e. The van der Waals surface area contributed by atoms with Crippen LogP contribution in [0.5, 0.6) is 0 Å². The zero-order valence-electron chi connectivity index (χ0n) is 31.2. The highest BCUT2D eigenvalue weighted by atomic mass is 19.4. The van der Waals surface area contributed by atoms with Crippen LogP contribution in [0.25, 0.3) is 0 Å². The fourth-order valence-corrected chi connectivity index (χ4v) is 4.72. The lowest BCUT2D eigenvalue weighted by Gasteiger charge is -2.13. The maximum absolute atomic E-state index is 12.6. The molecule has 0 unspecified atom stereocenters. The second-order valence-electron chi connectivity index (χ2n) is 12.4. The van der Waals surface area contributed by atoms with Crippen LogP contribution in [0, 0.1) is 0 Å².